The predicted octanol–water partition coefficient (Wildman–Crippen LogP) is 2.70. The van der Waals surface area contributed by atoms with Gasteiger partial charge in [0.15, 0.2) is 6.61 Å². The number of para-hydroxylation sites is 1. The molecule has 1 fully saturated rings. The number of hydrogen-bond acceptors (Lipinski definition) is 2. The minimum absolute atomic E-state index is 0.249. The second-order valence-corrected chi connectivity index (χ2v) is 4.13. The van der Waals surface area contributed by atoms with Gasteiger partial charge in [-0.05, 0) is 24.6 Å². The van der Waals surface area contributed by atoms with E-state index in [1.54, 1.807) is 12.1 Å². The summed E-state index contributed by atoms with van der Waals surface area (Å²) in [6.45, 7) is 0.467. The fourth-order valence-corrected chi connectivity index (χ4v) is 2.03. The van der Waals surface area contributed by atoms with Gasteiger partial charge in [-0.25, -0.2) is 0 Å². The van der Waals surface area contributed by atoms with Gasteiger partial charge in [0.2, 0.25) is 0 Å². The molecule has 1 atom stereocenters. The molecule has 1 unspecified atom stereocenters. The van der Waals surface area contributed by atoms with E-state index in [1.807, 2.05) is 12.1 Å². The van der Waals surface area contributed by atoms with E-state index in [2.05, 4.69) is 5.32 Å². The zero-order valence-corrected chi connectivity index (χ0v) is 9.26. The third kappa shape index (κ3) is 3.36. The van der Waals surface area contributed by atoms with E-state index in [0.29, 0.717) is 5.75 Å². The number of alkyl halides is 3. The normalized spacial score (nSPS) is 20.5. The Bertz CT molecular complexity index is 372. The summed E-state index contributed by atoms with van der Waals surface area (Å²) in [7, 11) is 0. The predicted molar refractivity (Wildman–Crippen MR) is 58.2 cm³/mol. The van der Waals surface area contributed by atoms with E-state index in [1.165, 1.54) is 0 Å². The number of benzene rings is 1. The van der Waals surface area contributed by atoms with E-state index in [4.69, 9.17) is 4.74 Å². The maximum Gasteiger partial charge on any atom is 0.422 e. The number of nitrogens with one attached hydrogen (secondary N) is 1. The first-order chi connectivity index (χ1) is 8.06. The van der Waals surface area contributed by atoms with Crippen LogP contribution < -0.4 is 10.1 Å². The summed E-state index contributed by atoms with van der Waals surface area (Å²) >= 11 is 0. The van der Waals surface area contributed by atoms with Crippen molar-refractivity contribution in [2.75, 3.05) is 19.7 Å². The molecule has 0 spiro atoms. The molecule has 0 radical (unpaired) electrons. The van der Waals surface area contributed by atoms with Gasteiger partial charge >= 0.3 is 6.18 Å². The Kier molecular flexibility index (Phi) is 3.57. The van der Waals surface area contributed by atoms with Crippen LogP contribution in [0.2, 0.25) is 0 Å². The van der Waals surface area contributed by atoms with Crippen LogP contribution in [-0.2, 0) is 0 Å². The maximum atomic E-state index is 12.1. The molecule has 1 saturated heterocycles. The van der Waals surface area contributed by atoms with Gasteiger partial charge in [-0.1, -0.05) is 18.2 Å². The largest absolute Gasteiger partial charge is 0.484 e. The summed E-state index contributed by atoms with van der Waals surface area (Å²) in [5, 5.41) is 3.19. The van der Waals surface area contributed by atoms with Crippen LogP contribution in [0.25, 0.3) is 0 Å². The minimum atomic E-state index is -4.29. The molecule has 17 heavy (non-hydrogen) atoms. The second kappa shape index (κ2) is 4.96. The van der Waals surface area contributed by atoms with Crippen molar-refractivity contribution in [1.29, 1.82) is 0 Å². The van der Waals surface area contributed by atoms with Crippen molar-refractivity contribution in [3.8, 4) is 5.75 Å². The van der Waals surface area contributed by atoms with Crippen LogP contribution >= 0.6 is 0 Å². The molecule has 2 rings (SSSR count). The summed E-state index contributed by atoms with van der Waals surface area (Å²) in [4.78, 5) is 0. The Hall–Kier alpha value is -1.23. The zero-order valence-electron chi connectivity index (χ0n) is 9.26. The molecule has 1 aromatic carbocycles. The summed E-state index contributed by atoms with van der Waals surface area (Å²) in [6.07, 6.45) is -3.35. The highest BCUT2D eigenvalue weighted by Gasteiger charge is 2.29. The van der Waals surface area contributed by atoms with Crippen molar-refractivity contribution in [2.45, 2.75) is 18.5 Å². The Balaban J connectivity index is 2.10. The van der Waals surface area contributed by atoms with E-state index >= 15 is 0 Å². The van der Waals surface area contributed by atoms with Crippen molar-refractivity contribution in [2.24, 2.45) is 0 Å². The van der Waals surface area contributed by atoms with Crippen molar-refractivity contribution in [1.82, 2.24) is 5.32 Å². The Morgan fingerprint density at radius 3 is 2.71 bits per heavy atom. The lowest BCUT2D eigenvalue weighted by atomic mass is 9.97. The van der Waals surface area contributed by atoms with Crippen molar-refractivity contribution in [3.63, 3.8) is 0 Å². The van der Waals surface area contributed by atoms with E-state index < -0.39 is 12.8 Å². The van der Waals surface area contributed by atoms with Gasteiger partial charge in [0.1, 0.15) is 5.75 Å². The molecule has 1 aliphatic heterocycles. The second-order valence-electron chi connectivity index (χ2n) is 4.13. The molecule has 1 N–H and O–H groups in total. The first-order valence-corrected chi connectivity index (χ1v) is 5.55. The van der Waals surface area contributed by atoms with Gasteiger partial charge in [-0.3, -0.25) is 0 Å². The molecule has 0 saturated carbocycles. The Labute approximate surface area is 97.8 Å². The monoisotopic (exact) mass is 245 g/mol. The van der Waals surface area contributed by atoms with Crippen molar-refractivity contribution < 1.29 is 17.9 Å². The molecule has 2 nitrogen and oxygen atoms in total. The summed E-state index contributed by atoms with van der Waals surface area (Å²) < 4.78 is 41.2. The number of halogens is 3. The number of ether oxygens (including phenoxy) is 1. The van der Waals surface area contributed by atoms with Gasteiger partial charge in [0.25, 0.3) is 0 Å². The lowest BCUT2D eigenvalue weighted by molar-refractivity contribution is -0.153. The summed E-state index contributed by atoms with van der Waals surface area (Å²) in [5.74, 6) is 0.595. The quantitative estimate of drug-likeness (QED) is 0.884. The first kappa shape index (κ1) is 12.2. The smallest absolute Gasteiger partial charge is 0.422 e. The summed E-state index contributed by atoms with van der Waals surface area (Å²) in [5.41, 5.74) is 0.863. The molecule has 0 aromatic heterocycles. The average molecular weight is 245 g/mol. The van der Waals surface area contributed by atoms with E-state index in [0.717, 1.165) is 25.1 Å². The summed E-state index contributed by atoms with van der Waals surface area (Å²) in [6, 6.07) is 6.95. The lowest BCUT2D eigenvalue weighted by Crippen LogP contribution is -2.20. The van der Waals surface area contributed by atoms with Crippen LogP contribution in [0.1, 0.15) is 17.9 Å². The van der Waals surface area contributed by atoms with Gasteiger partial charge in [-0.15, -0.1) is 0 Å². The molecule has 1 heterocycles. The fraction of sp³-hybridized carbons (Fsp3) is 0.500. The van der Waals surface area contributed by atoms with Crippen molar-refractivity contribution >= 4 is 0 Å². The molecule has 94 valence electrons. The van der Waals surface area contributed by atoms with Gasteiger partial charge in [-0.2, -0.15) is 13.2 Å². The molecule has 1 aromatic rings. The van der Waals surface area contributed by atoms with Gasteiger partial charge in [0, 0.05) is 12.5 Å². The number of hydrogen-bond donors (Lipinski definition) is 1. The fourth-order valence-electron chi connectivity index (χ4n) is 2.03. The maximum absolute atomic E-state index is 12.1. The number of rotatable bonds is 3. The standard InChI is InChI=1S/C12H14F3NO/c13-12(14,15)8-17-11-4-2-1-3-10(11)9-5-6-16-7-9/h1-4,9,16H,5-8H2. The molecule has 0 aliphatic carbocycles. The van der Waals surface area contributed by atoms with Crippen molar-refractivity contribution in [3.05, 3.63) is 29.8 Å². The van der Waals surface area contributed by atoms with Crippen LogP contribution in [0.3, 0.4) is 0 Å². The average Bonchev–Trinajstić information content (AvgIpc) is 2.79. The van der Waals surface area contributed by atoms with Crippen LogP contribution in [-0.4, -0.2) is 25.9 Å². The highest BCUT2D eigenvalue weighted by molar-refractivity contribution is 5.37. The van der Waals surface area contributed by atoms with Crippen LogP contribution in [0.5, 0.6) is 5.75 Å². The molecular formula is C12H14F3NO. The topological polar surface area (TPSA) is 21.3 Å². The molecule has 1 aliphatic rings. The molecule has 0 amide bonds. The third-order valence-corrected chi connectivity index (χ3v) is 2.81. The lowest BCUT2D eigenvalue weighted by Gasteiger charge is -2.16. The Morgan fingerprint density at radius 2 is 2.06 bits per heavy atom. The highest BCUT2D eigenvalue weighted by Crippen LogP contribution is 2.31. The minimum Gasteiger partial charge on any atom is -0.484 e. The molecular weight excluding hydrogens is 231 g/mol. The van der Waals surface area contributed by atoms with Gasteiger partial charge in [0.05, 0.1) is 0 Å². The SMILES string of the molecule is FC(F)(F)COc1ccccc1C1CCNC1. The van der Waals surface area contributed by atoms with Gasteiger partial charge < -0.3 is 10.1 Å². The van der Waals surface area contributed by atoms with Crippen LogP contribution in [0.4, 0.5) is 13.2 Å². The van der Waals surface area contributed by atoms with Crippen LogP contribution in [0, 0.1) is 0 Å². The first-order valence-electron chi connectivity index (χ1n) is 5.55. The highest BCUT2D eigenvalue weighted by atomic mass is 19.4. The molecule has 5 heteroatoms. The Morgan fingerprint density at radius 1 is 1.29 bits per heavy atom. The third-order valence-electron chi connectivity index (χ3n) is 2.81. The van der Waals surface area contributed by atoms with Crippen LogP contribution in [0.15, 0.2) is 24.3 Å². The van der Waals surface area contributed by atoms with E-state index in [-0.39, 0.29) is 5.92 Å². The van der Waals surface area contributed by atoms with E-state index in [9.17, 15) is 13.2 Å². The molecule has 0 bridgehead atoms. The zero-order chi connectivity index (χ0) is 12.3.